The largest absolute Gasteiger partial charge is 0.508 e. The molecule has 4 nitrogen and oxygen atoms in total. The van der Waals surface area contributed by atoms with E-state index in [9.17, 15) is 9.90 Å². The van der Waals surface area contributed by atoms with E-state index >= 15 is 0 Å². The molecule has 1 unspecified atom stereocenters. The second kappa shape index (κ2) is 7.33. The lowest BCUT2D eigenvalue weighted by Crippen LogP contribution is -2.35. The zero-order chi connectivity index (χ0) is 15.2. The van der Waals surface area contributed by atoms with Gasteiger partial charge in [-0.1, -0.05) is 31.8 Å². The number of nitrogens with one attached hydrogen (secondary N) is 1. The van der Waals surface area contributed by atoms with Crippen molar-refractivity contribution < 1.29 is 14.6 Å². The minimum Gasteiger partial charge on any atom is -0.508 e. The molecular formula is C15H25NO3Si. The number of aromatic hydroxyl groups is 1. The van der Waals surface area contributed by atoms with Crippen molar-refractivity contribution in [2.75, 3.05) is 6.61 Å². The number of phenolic OH excluding ortho intramolecular Hbond substituents is 1. The highest BCUT2D eigenvalue weighted by atomic mass is 28.3. The Bertz CT molecular complexity index is 443. The van der Waals surface area contributed by atoms with Gasteiger partial charge in [0, 0.05) is 14.1 Å². The highest BCUT2D eigenvalue weighted by Gasteiger charge is 2.14. The van der Waals surface area contributed by atoms with Gasteiger partial charge >= 0.3 is 6.09 Å². The molecule has 1 rings (SSSR count). The van der Waals surface area contributed by atoms with Crippen LogP contribution in [0.4, 0.5) is 4.79 Å². The van der Waals surface area contributed by atoms with Crippen LogP contribution < -0.4 is 5.32 Å². The lowest BCUT2D eigenvalue weighted by Gasteiger charge is -2.17. The summed E-state index contributed by atoms with van der Waals surface area (Å²) < 4.78 is 5.19. The number of ether oxygens (including phenoxy) is 1. The van der Waals surface area contributed by atoms with E-state index in [0.29, 0.717) is 13.0 Å². The normalized spacial score (nSPS) is 12.8. The molecule has 1 aromatic rings. The Balaban J connectivity index is 2.31. The van der Waals surface area contributed by atoms with E-state index in [1.165, 1.54) is 0 Å². The average Bonchev–Trinajstić information content (AvgIpc) is 2.26. The lowest BCUT2D eigenvalue weighted by molar-refractivity contribution is 0.148. The van der Waals surface area contributed by atoms with E-state index in [2.05, 4.69) is 25.0 Å². The average molecular weight is 295 g/mol. The van der Waals surface area contributed by atoms with Crippen molar-refractivity contribution in [2.45, 2.75) is 45.1 Å². The summed E-state index contributed by atoms with van der Waals surface area (Å²) in [6.07, 6.45) is 0.299. The minimum atomic E-state index is -1.16. The summed E-state index contributed by atoms with van der Waals surface area (Å²) in [6, 6.07) is 8.00. The first kappa shape index (κ1) is 16.6. The fourth-order valence-electron chi connectivity index (χ4n) is 1.78. The van der Waals surface area contributed by atoms with E-state index in [1.807, 2.05) is 13.0 Å². The van der Waals surface area contributed by atoms with Crippen molar-refractivity contribution in [3.05, 3.63) is 29.8 Å². The Morgan fingerprint density at radius 3 is 2.70 bits per heavy atom. The van der Waals surface area contributed by atoms with E-state index in [-0.39, 0.29) is 17.9 Å². The van der Waals surface area contributed by atoms with Crippen molar-refractivity contribution in [1.29, 1.82) is 0 Å². The zero-order valence-electron chi connectivity index (χ0n) is 12.8. The Kier molecular flexibility index (Phi) is 6.07. The van der Waals surface area contributed by atoms with Crippen LogP contribution in [-0.2, 0) is 11.2 Å². The number of phenols is 1. The van der Waals surface area contributed by atoms with Gasteiger partial charge < -0.3 is 15.2 Å². The predicted molar refractivity (Wildman–Crippen MR) is 83.9 cm³/mol. The summed E-state index contributed by atoms with van der Waals surface area (Å²) in [6.45, 7) is 9.15. The smallest absolute Gasteiger partial charge is 0.407 e. The molecule has 1 atom stereocenters. The molecular weight excluding hydrogens is 270 g/mol. The summed E-state index contributed by atoms with van der Waals surface area (Å²) >= 11 is 0. The monoisotopic (exact) mass is 295 g/mol. The third kappa shape index (κ3) is 7.18. The van der Waals surface area contributed by atoms with Gasteiger partial charge in [-0.05, 0) is 37.1 Å². The van der Waals surface area contributed by atoms with Crippen LogP contribution in [-0.4, -0.2) is 31.9 Å². The molecule has 1 aromatic carbocycles. The van der Waals surface area contributed by atoms with E-state index in [4.69, 9.17) is 4.74 Å². The van der Waals surface area contributed by atoms with Crippen molar-refractivity contribution in [3.8, 4) is 5.75 Å². The van der Waals surface area contributed by atoms with Gasteiger partial charge in [0.1, 0.15) is 5.75 Å². The third-order valence-corrected chi connectivity index (χ3v) is 4.61. The molecule has 0 saturated heterocycles. The van der Waals surface area contributed by atoms with E-state index in [1.54, 1.807) is 18.2 Å². The molecule has 0 aromatic heterocycles. The Hall–Kier alpha value is -1.49. The van der Waals surface area contributed by atoms with Gasteiger partial charge in [0.05, 0.1) is 6.61 Å². The number of alkyl carbamates (subject to hydrolysis) is 1. The fourth-order valence-corrected chi connectivity index (χ4v) is 2.50. The van der Waals surface area contributed by atoms with Crippen LogP contribution in [0.2, 0.25) is 25.7 Å². The lowest BCUT2D eigenvalue weighted by atomic mass is 10.1. The van der Waals surface area contributed by atoms with E-state index < -0.39 is 8.07 Å². The number of amides is 1. The van der Waals surface area contributed by atoms with Crippen LogP contribution in [0, 0.1) is 0 Å². The molecule has 5 heteroatoms. The summed E-state index contributed by atoms with van der Waals surface area (Å²) in [4.78, 5) is 11.6. The molecule has 20 heavy (non-hydrogen) atoms. The predicted octanol–water partition coefficient (Wildman–Crippen LogP) is 3.39. The Morgan fingerprint density at radius 2 is 2.10 bits per heavy atom. The highest BCUT2D eigenvalue weighted by molar-refractivity contribution is 6.76. The Morgan fingerprint density at radius 1 is 1.40 bits per heavy atom. The van der Waals surface area contributed by atoms with Crippen LogP contribution >= 0.6 is 0 Å². The number of benzene rings is 1. The van der Waals surface area contributed by atoms with Gasteiger partial charge in [0.15, 0.2) is 0 Å². The number of hydrogen-bond acceptors (Lipinski definition) is 3. The van der Waals surface area contributed by atoms with Gasteiger partial charge in [-0.15, -0.1) is 0 Å². The third-order valence-electron chi connectivity index (χ3n) is 2.90. The summed E-state index contributed by atoms with van der Waals surface area (Å²) in [5, 5.41) is 12.2. The van der Waals surface area contributed by atoms with Crippen molar-refractivity contribution >= 4 is 14.2 Å². The topological polar surface area (TPSA) is 58.6 Å². The Labute approximate surface area is 122 Å². The second-order valence-electron chi connectivity index (χ2n) is 6.37. The maximum atomic E-state index is 11.6. The summed E-state index contributed by atoms with van der Waals surface area (Å²) in [5.74, 6) is 0.243. The van der Waals surface area contributed by atoms with Crippen LogP contribution in [0.1, 0.15) is 12.5 Å². The minimum absolute atomic E-state index is 0.0313. The molecule has 0 heterocycles. The fraction of sp³-hybridized carbons (Fsp3) is 0.533. The maximum absolute atomic E-state index is 11.6. The summed E-state index contributed by atoms with van der Waals surface area (Å²) in [7, 11) is -1.16. The molecule has 0 fully saturated rings. The van der Waals surface area contributed by atoms with Gasteiger partial charge in [-0.3, -0.25) is 0 Å². The summed E-state index contributed by atoms with van der Waals surface area (Å²) in [5.41, 5.74) is 0.986. The van der Waals surface area contributed by atoms with Gasteiger partial charge in [-0.25, -0.2) is 4.79 Å². The standard InChI is InChI=1S/C15H25NO3Si/c1-12(10-13-6-5-7-14(17)11-13)16-15(18)19-8-9-20(2,3)4/h5-7,11-12,17H,8-10H2,1-4H3,(H,16,18). The van der Waals surface area contributed by atoms with Crippen molar-refractivity contribution in [3.63, 3.8) is 0 Å². The van der Waals surface area contributed by atoms with Crippen LogP contribution in [0.3, 0.4) is 0 Å². The first-order chi connectivity index (χ1) is 9.26. The van der Waals surface area contributed by atoms with Crippen molar-refractivity contribution in [1.82, 2.24) is 5.32 Å². The number of carbonyl (C=O) groups is 1. The molecule has 1 amide bonds. The molecule has 0 aliphatic heterocycles. The molecule has 112 valence electrons. The van der Waals surface area contributed by atoms with Crippen molar-refractivity contribution in [2.24, 2.45) is 0 Å². The molecule has 2 N–H and O–H groups in total. The number of carbonyl (C=O) groups excluding carboxylic acids is 1. The van der Waals surface area contributed by atoms with Gasteiger partial charge in [0.25, 0.3) is 0 Å². The van der Waals surface area contributed by atoms with Gasteiger partial charge in [0.2, 0.25) is 0 Å². The molecule has 0 radical (unpaired) electrons. The van der Waals surface area contributed by atoms with Gasteiger partial charge in [-0.2, -0.15) is 0 Å². The quantitative estimate of drug-likeness (QED) is 0.791. The second-order valence-corrected chi connectivity index (χ2v) is 12.0. The van der Waals surface area contributed by atoms with Crippen LogP contribution in [0.5, 0.6) is 5.75 Å². The number of rotatable bonds is 6. The first-order valence-corrected chi connectivity index (χ1v) is 10.7. The molecule has 0 saturated carbocycles. The maximum Gasteiger partial charge on any atom is 0.407 e. The first-order valence-electron chi connectivity index (χ1n) is 6.97. The highest BCUT2D eigenvalue weighted by Crippen LogP contribution is 2.12. The number of hydrogen-bond donors (Lipinski definition) is 2. The molecule has 0 bridgehead atoms. The van der Waals surface area contributed by atoms with Crippen LogP contribution in [0.15, 0.2) is 24.3 Å². The van der Waals surface area contributed by atoms with Crippen LogP contribution in [0.25, 0.3) is 0 Å². The molecule has 0 aliphatic carbocycles. The molecule has 0 spiro atoms. The molecule has 0 aliphatic rings. The zero-order valence-corrected chi connectivity index (χ0v) is 13.8. The van der Waals surface area contributed by atoms with E-state index in [0.717, 1.165) is 11.6 Å². The SMILES string of the molecule is CC(Cc1cccc(O)c1)NC(=O)OCC[Si](C)(C)C.